The van der Waals surface area contributed by atoms with Crippen molar-refractivity contribution >= 4 is 0 Å². The zero-order valence-electron chi connectivity index (χ0n) is 13.8. The Morgan fingerprint density at radius 1 is 1.19 bits per heavy atom. The molecule has 5 unspecified atom stereocenters. The zero-order valence-corrected chi connectivity index (χ0v) is 13.8. The Balaban J connectivity index is 1.56. The lowest BCUT2D eigenvalue weighted by Crippen LogP contribution is -2.55. The van der Waals surface area contributed by atoms with Gasteiger partial charge in [0, 0.05) is 31.6 Å². The monoisotopic (exact) mass is 294 g/mol. The number of nitrogens with zero attached hydrogens (tertiary/aromatic N) is 1. The van der Waals surface area contributed by atoms with Gasteiger partial charge in [0.15, 0.2) is 0 Å². The van der Waals surface area contributed by atoms with E-state index < -0.39 is 0 Å². The van der Waals surface area contributed by atoms with Gasteiger partial charge in [-0.3, -0.25) is 0 Å². The highest BCUT2D eigenvalue weighted by Crippen LogP contribution is 2.40. The Labute approximate surface area is 130 Å². The number of hydrogen-bond acceptors (Lipinski definition) is 3. The molecular weight excluding hydrogens is 260 g/mol. The predicted molar refractivity (Wildman–Crippen MR) is 87.1 cm³/mol. The summed E-state index contributed by atoms with van der Waals surface area (Å²) in [6.07, 6.45) is 10.9. The molecule has 0 amide bonds. The van der Waals surface area contributed by atoms with Crippen molar-refractivity contribution in [3.05, 3.63) is 0 Å². The first-order valence-electron chi connectivity index (χ1n) is 9.31. The second kappa shape index (κ2) is 6.55. The maximum absolute atomic E-state index is 10.8. The van der Waals surface area contributed by atoms with Crippen LogP contribution in [-0.2, 0) is 0 Å². The number of aliphatic hydroxyl groups is 1. The Morgan fingerprint density at radius 3 is 2.86 bits per heavy atom. The van der Waals surface area contributed by atoms with E-state index in [0.29, 0.717) is 17.9 Å². The van der Waals surface area contributed by atoms with Crippen LogP contribution in [-0.4, -0.2) is 41.3 Å². The highest BCUT2D eigenvalue weighted by Gasteiger charge is 2.43. The molecule has 122 valence electrons. The summed E-state index contributed by atoms with van der Waals surface area (Å²) >= 11 is 0. The van der Waals surface area contributed by atoms with Gasteiger partial charge in [0.1, 0.15) is 0 Å². The van der Waals surface area contributed by atoms with E-state index in [1.165, 1.54) is 51.5 Å². The Morgan fingerprint density at radius 2 is 2.05 bits per heavy atom. The fourth-order valence-electron chi connectivity index (χ4n) is 5.10. The van der Waals surface area contributed by atoms with E-state index in [1.807, 2.05) is 0 Å². The zero-order chi connectivity index (χ0) is 14.9. The maximum Gasteiger partial charge on any atom is 0.0700 e. The minimum Gasteiger partial charge on any atom is -0.390 e. The van der Waals surface area contributed by atoms with Gasteiger partial charge in [-0.1, -0.05) is 26.2 Å². The van der Waals surface area contributed by atoms with Crippen LogP contribution in [0.1, 0.15) is 64.7 Å². The van der Waals surface area contributed by atoms with Crippen LogP contribution in [0.4, 0.5) is 0 Å². The summed E-state index contributed by atoms with van der Waals surface area (Å²) in [6, 6.07) is 0.403. The van der Waals surface area contributed by atoms with E-state index in [4.69, 9.17) is 5.73 Å². The lowest BCUT2D eigenvalue weighted by atomic mass is 9.70. The molecular formula is C18H34N2O. The van der Waals surface area contributed by atoms with Crippen LogP contribution in [0, 0.1) is 17.8 Å². The normalized spacial score (nSPS) is 45.3. The average Bonchev–Trinajstić information content (AvgIpc) is 2.49. The van der Waals surface area contributed by atoms with E-state index in [0.717, 1.165) is 31.8 Å². The van der Waals surface area contributed by atoms with E-state index in [9.17, 15) is 5.11 Å². The first-order chi connectivity index (χ1) is 10.1. The molecule has 1 saturated heterocycles. The summed E-state index contributed by atoms with van der Waals surface area (Å²) in [5.74, 6) is 2.09. The van der Waals surface area contributed by atoms with Crippen molar-refractivity contribution in [1.82, 2.24) is 4.90 Å². The standard InChI is InChI=1S/C18H34N2O/c1-2-14-6-7-17(19)15(11-14)12-20-10-9-18(21)8-4-3-5-16(18)13-20/h14-17,21H,2-13,19H2,1H3. The molecule has 1 heterocycles. The molecule has 3 nitrogen and oxygen atoms in total. The largest absolute Gasteiger partial charge is 0.390 e. The van der Waals surface area contributed by atoms with Crippen LogP contribution in [0.5, 0.6) is 0 Å². The minimum absolute atomic E-state index is 0.338. The second-order valence-corrected chi connectivity index (χ2v) is 8.07. The van der Waals surface area contributed by atoms with Crippen molar-refractivity contribution in [2.24, 2.45) is 23.5 Å². The summed E-state index contributed by atoms with van der Waals surface area (Å²) in [4.78, 5) is 2.62. The van der Waals surface area contributed by atoms with Gasteiger partial charge in [0.2, 0.25) is 0 Å². The van der Waals surface area contributed by atoms with Crippen LogP contribution in [0.25, 0.3) is 0 Å². The molecule has 3 N–H and O–H groups in total. The number of fused-ring (bicyclic) bond motifs is 1. The van der Waals surface area contributed by atoms with E-state index in [-0.39, 0.29) is 5.60 Å². The molecule has 3 rings (SSSR count). The molecule has 3 heteroatoms. The summed E-state index contributed by atoms with van der Waals surface area (Å²) < 4.78 is 0. The quantitative estimate of drug-likeness (QED) is 0.841. The minimum atomic E-state index is -0.338. The second-order valence-electron chi connectivity index (χ2n) is 8.07. The molecule has 2 saturated carbocycles. The smallest absolute Gasteiger partial charge is 0.0700 e. The molecule has 21 heavy (non-hydrogen) atoms. The number of rotatable bonds is 3. The van der Waals surface area contributed by atoms with Crippen molar-refractivity contribution < 1.29 is 5.11 Å². The molecule has 0 radical (unpaired) electrons. The van der Waals surface area contributed by atoms with Crippen LogP contribution < -0.4 is 5.73 Å². The fourth-order valence-corrected chi connectivity index (χ4v) is 5.10. The third kappa shape index (κ3) is 3.46. The molecule has 3 fully saturated rings. The Hall–Kier alpha value is -0.120. The fraction of sp³-hybridized carbons (Fsp3) is 1.00. The van der Waals surface area contributed by atoms with Crippen LogP contribution in [0.2, 0.25) is 0 Å². The van der Waals surface area contributed by atoms with Gasteiger partial charge in [0.25, 0.3) is 0 Å². The number of piperidine rings is 1. The Bertz CT molecular complexity index is 348. The van der Waals surface area contributed by atoms with Gasteiger partial charge in [0.05, 0.1) is 5.60 Å². The molecule has 0 aromatic rings. The first-order valence-corrected chi connectivity index (χ1v) is 9.31. The van der Waals surface area contributed by atoms with Crippen molar-refractivity contribution in [3.8, 4) is 0 Å². The molecule has 3 aliphatic rings. The Kier molecular flexibility index (Phi) is 4.92. The molecule has 0 bridgehead atoms. The number of likely N-dealkylation sites (tertiary alicyclic amines) is 1. The first kappa shape index (κ1) is 15.8. The molecule has 0 spiro atoms. The molecule has 2 aliphatic carbocycles. The lowest BCUT2D eigenvalue weighted by molar-refractivity contribution is -0.0983. The van der Waals surface area contributed by atoms with Crippen molar-refractivity contribution in [3.63, 3.8) is 0 Å². The van der Waals surface area contributed by atoms with E-state index in [1.54, 1.807) is 0 Å². The van der Waals surface area contributed by atoms with Crippen LogP contribution in [0.15, 0.2) is 0 Å². The van der Waals surface area contributed by atoms with Crippen LogP contribution in [0.3, 0.4) is 0 Å². The SMILES string of the molecule is CCC1CCC(N)C(CN2CCC3(O)CCCCC3C2)C1. The van der Waals surface area contributed by atoms with Gasteiger partial charge in [-0.15, -0.1) is 0 Å². The van der Waals surface area contributed by atoms with Gasteiger partial charge in [-0.2, -0.15) is 0 Å². The summed E-state index contributed by atoms with van der Waals surface area (Å²) in [6.45, 7) is 5.68. The van der Waals surface area contributed by atoms with Gasteiger partial charge >= 0.3 is 0 Å². The number of hydrogen-bond donors (Lipinski definition) is 2. The molecule has 1 aliphatic heterocycles. The predicted octanol–water partition coefficient (Wildman–Crippen LogP) is 2.77. The van der Waals surface area contributed by atoms with Crippen molar-refractivity contribution in [2.75, 3.05) is 19.6 Å². The lowest BCUT2D eigenvalue weighted by Gasteiger charge is -2.48. The summed E-state index contributed by atoms with van der Waals surface area (Å²) in [5.41, 5.74) is 6.06. The van der Waals surface area contributed by atoms with Crippen LogP contribution >= 0.6 is 0 Å². The molecule has 5 atom stereocenters. The maximum atomic E-state index is 10.8. The summed E-state index contributed by atoms with van der Waals surface area (Å²) in [7, 11) is 0. The highest BCUT2D eigenvalue weighted by atomic mass is 16.3. The average molecular weight is 294 g/mol. The van der Waals surface area contributed by atoms with Gasteiger partial charge < -0.3 is 15.7 Å². The van der Waals surface area contributed by atoms with Crippen molar-refractivity contribution in [1.29, 1.82) is 0 Å². The summed E-state index contributed by atoms with van der Waals surface area (Å²) in [5, 5.41) is 10.8. The third-order valence-corrected chi connectivity index (χ3v) is 6.73. The van der Waals surface area contributed by atoms with Crippen molar-refractivity contribution in [2.45, 2.75) is 76.4 Å². The van der Waals surface area contributed by atoms with Gasteiger partial charge in [-0.25, -0.2) is 0 Å². The van der Waals surface area contributed by atoms with Gasteiger partial charge in [-0.05, 0) is 50.4 Å². The molecule has 0 aromatic heterocycles. The highest BCUT2D eigenvalue weighted by molar-refractivity contribution is 4.96. The topological polar surface area (TPSA) is 49.5 Å². The number of nitrogens with two attached hydrogens (primary N) is 1. The van der Waals surface area contributed by atoms with E-state index >= 15 is 0 Å². The van der Waals surface area contributed by atoms with E-state index in [2.05, 4.69) is 11.8 Å². The molecule has 0 aromatic carbocycles. The third-order valence-electron chi connectivity index (χ3n) is 6.73.